The van der Waals surface area contributed by atoms with E-state index in [9.17, 15) is 32.7 Å². The lowest BCUT2D eigenvalue weighted by atomic mass is 9.96. The van der Waals surface area contributed by atoms with Crippen LogP contribution in [0.5, 0.6) is 5.75 Å². The molecule has 1 aromatic carbocycles. The Labute approximate surface area is 167 Å². The molecule has 1 fully saturated rings. The van der Waals surface area contributed by atoms with Crippen LogP contribution in [0.4, 0.5) is 13.2 Å². The van der Waals surface area contributed by atoms with Gasteiger partial charge in [0.05, 0.1) is 24.5 Å². The molecule has 1 atom stereocenters. The number of benzene rings is 1. The van der Waals surface area contributed by atoms with Gasteiger partial charge in [-0.15, -0.1) is 13.2 Å². The van der Waals surface area contributed by atoms with Crippen LogP contribution in [0.2, 0.25) is 0 Å². The largest absolute Gasteiger partial charge is 0.573 e. The molecule has 0 aliphatic carbocycles. The second-order valence-electron chi connectivity index (χ2n) is 6.43. The van der Waals surface area contributed by atoms with Crippen molar-refractivity contribution in [3.63, 3.8) is 0 Å². The van der Waals surface area contributed by atoms with E-state index in [1.54, 1.807) is 0 Å². The SMILES string of the molecule is O=C1CNC(C(=O)O)(C(=O)NCc2cc(-c3ccc(OC(F)(F)F)cc3)ncn2)C1. The fourth-order valence-corrected chi connectivity index (χ4v) is 2.88. The topological polar surface area (TPSA) is 131 Å². The summed E-state index contributed by atoms with van der Waals surface area (Å²) in [5, 5.41) is 14.2. The van der Waals surface area contributed by atoms with Crippen LogP contribution in [0.15, 0.2) is 36.7 Å². The number of aliphatic carboxylic acids is 1. The molecule has 3 N–H and O–H groups in total. The summed E-state index contributed by atoms with van der Waals surface area (Å²) in [5.41, 5.74) is -0.852. The summed E-state index contributed by atoms with van der Waals surface area (Å²) in [6, 6.07) is 6.50. The Morgan fingerprint density at radius 2 is 1.93 bits per heavy atom. The van der Waals surface area contributed by atoms with Crippen molar-refractivity contribution in [1.29, 1.82) is 0 Å². The van der Waals surface area contributed by atoms with E-state index in [4.69, 9.17) is 0 Å². The summed E-state index contributed by atoms with van der Waals surface area (Å²) in [5.74, 6) is -3.12. The zero-order valence-corrected chi connectivity index (χ0v) is 15.2. The maximum atomic E-state index is 12.4. The van der Waals surface area contributed by atoms with Crippen LogP contribution < -0.4 is 15.4 Å². The van der Waals surface area contributed by atoms with Gasteiger partial charge in [-0.25, -0.2) is 14.8 Å². The van der Waals surface area contributed by atoms with Gasteiger partial charge in [-0.3, -0.25) is 14.9 Å². The molecule has 2 aromatic rings. The average molecular weight is 424 g/mol. The van der Waals surface area contributed by atoms with Gasteiger partial charge in [-0.2, -0.15) is 0 Å². The van der Waals surface area contributed by atoms with E-state index in [0.29, 0.717) is 17.0 Å². The number of amides is 1. The molecule has 1 saturated heterocycles. The van der Waals surface area contributed by atoms with Crippen molar-refractivity contribution in [2.45, 2.75) is 24.9 Å². The van der Waals surface area contributed by atoms with Gasteiger partial charge in [-0.1, -0.05) is 0 Å². The third-order valence-corrected chi connectivity index (χ3v) is 4.34. The fraction of sp³-hybridized carbons (Fsp3) is 0.278. The lowest BCUT2D eigenvalue weighted by molar-refractivity contribution is -0.274. The van der Waals surface area contributed by atoms with E-state index in [2.05, 4.69) is 25.3 Å². The van der Waals surface area contributed by atoms with Crippen LogP contribution in [0.25, 0.3) is 11.3 Å². The molecule has 1 aliphatic rings. The van der Waals surface area contributed by atoms with Crippen molar-refractivity contribution in [3.8, 4) is 17.0 Å². The number of hydrogen-bond donors (Lipinski definition) is 3. The zero-order valence-electron chi connectivity index (χ0n) is 15.2. The second kappa shape index (κ2) is 8.06. The number of ketones is 1. The lowest BCUT2D eigenvalue weighted by Crippen LogP contribution is -2.58. The maximum absolute atomic E-state index is 12.4. The number of Topliss-reactive ketones (excluding diaryl/α,β-unsaturated/α-hetero) is 1. The smallest absolute Gasteiger partial charge is 0.479 e. The summed E-state index contributed by atoms with van der Waals surface area (Å²) in [6.07, 6.45) is -4.06. The van der Waals surface area contributed by atoms with Crippen molar-refractivity contribution in [3.05, 3.63) is 42.4 Å². The number of ether oxygens (including phenoxy) is 1. The van der Waals surface area contributed by atoms with Gasteiger partial charge in [-0.05, 0) is 30.3 Å². The fourth-order valence-electron chi connectivity index (χ4n) is 2.88. The standard InChI is InChI=1S/C18H15F3N4O5/c19-18(20,21)30-13-3-1-10(2-4-13)14-5-11(23-9-24-14)7-22-15(27)17(16(28)29)6-12(26)8-25-17/h1-5,9,25H,6-8H2,(H,22,27)(H,28,29). The molecular weight excluding hydrogens is 409 g/mol. The molecule has 0 spiro atoms. The number of nitrogens with one attached hydrogen (secondary N) is 2. The van der Waals surface area contributed by atoms with Crippen molar-refractivity contribution >= 4 is 17.7 Å². The lowest BCUT2D eigenvalue weighted by Gasteiger charge is -2.22. The molecule has 3 rings (SSSR count). The quantitative estimate of drug-likeness (QED) is 0.587. The highest BCUT2D eigenvalue weighted by atomic mass is 19.4. The number of carboxylic acid groups (broad SMARTS) is 1. The minimum absolute atomic E-state index is 0.144. The molecule has 1 amide bonds. The number of nitrogens with zero attached hydrogens (tertiary/aromatic N) is 2. The monoisotopic (exact) mass is 424 g/mol. The molecule has 30 heavy (non-hydrogen) atoms. The van der Waals surface area contributed by atoms with Gasteiger partial charge in [0.25, 0.3) is 5.91 Å². The Morgan fingerprint density at radius 1 is 1.23 bits per heavy atom. The summed E-state index contributed by atoms with van der Waals surface area (Å²) in [7, 11) is 0. The second-order valence-corrected chi connectivity index (χ2v) is 6.43. The first kappa shape index (κ1) is 21.2. The number of alkyl halides is 3. The van der Waals surface area contributed by atoms with Crippen LogP contribution in [0.3, 0.4) is 0 Å². The number of carbonyl (C=O) groups is 3. The van der Waals surface area contributed by atoms with Crippen molar-refractivity contribution in [1.82, 2.24) is 20.6 Å². The molecule has 1 aliphatic heterocycles. The van der Waals surface area contributed by atoms with Crippen LogP contribution in [-0.4, -0.2) is 51.2 Å². The van der Waals surface area contributed by atoms with Gasteiger partial charge in [0.15, 0.2) is 0 Å². The van der Waals surface area contributed by atoms with Gasteiger partial charge in [0.1, 0.15) is 17.9 Å². The summed E-state index contributed by atoms with van der Waals surface area (Å²) in [6.45, 7) is -0.361. The third-order valence-electron chi connectivity index (χ3n) is 4.34. The minimum Gasteiger partial charge on any atom is -0.479 e. The van der Waals surface area contributed by atoms with Crippen molar-refractivity contribution in [2.24, 2.45) is 0 Å². The molecule has 1 aromatic heterocycles. The molecular formula is C18H15F3N4O5. The number of halogens is 3. The number of carbonyl (C=O) groups excluding carboxylic acids is 2. The molecule has 158 valence electrons. The third kappa shape index (κ3) is 4.71. The Balaban J connectivity index is 1.69. The number of carboxylic acids is 1. The van der Waals surface area contributed by atoms with E-state index in [-0.39, 0.29) is 18.8 Å². The van der Waals surface area contributed by atoms with E-state index >= 15 is 0 Å². The normalized spacial score (nSPS) is 18.8. The first-order chi connectivity index (χ1) is 14.1. The summed E-state index contributed by atoms with van der Waals surface area (Å²) < 4.78 is 40.5. The van der Waals surface area contributed by atoms with Crippen molar-refractivity contribution < 1.29 is 37.4 Å². The van der Waals surface area contributed by atoms with Gasteiger partial charge < -0.3 is 15.2 Å². The number of aromatic nitrogens is 2. The van der Waals surface area contributed by atoms with E-state index in [1.807, 2.05) is 0 Å². The Morgan fingerprint density at radius 3 is 2.50 bits per heavy atom. The average Bonchev–Trinajstić information content (AvgIpc) is 3.09. The van der Waals surface area contributed by atoms with Crippen LogP contribution in [-0.2, 0) is 20.9 Å². The highest BCUT2D eigenvalue weighted by molar-refractivity contribution is 6.12. The molecule has 0 radical (unpaired) electrons. The predicted octanol–water partition coefficient (Wildman–Crippen LogP) is 1.04. The van der Waals surface area contributed by atoms with Crippen molar-refractivity contribution in [2.75, 3.05) is 6.54 Å². The number of hydrogen-bond acceptors (Lipinski definition) is 7. The van der Waals surface area contributed by atoms with E-state index in [0.717, 1.165) is 12.1 Å². The highest BCUT2D eigenvalue weighted by Gasteiger charge is 2.51. The molecule has 12 heteroatoms. The van der Waals surface area contributed by atoms with Gasteiger partial charge >= 0.3 is 12.3 Å². The van der Waals surface area contributed by atoms with Gasteiger partial charge in [0.2, 0.25) is 5.54 Å². The minimum atomic E-state index is -4.80. The summed E-state index contributed by atoms with van der Waals surface area (Å²) in [4.78, 5) is 43.3. The van der Waals surface area contributed by atoms with E-state index in [1.165, 1.54) is 24.5 Å². The first-order valence-corrected chi connectivity index (χ1v) is 8.54. The number of rotatable bonds is 6. The Bertz CT molecular complexity index is 981. The van der Waals surface area contributed by atoms with Crippen LogP contribution in [0, 0.1) is 0 Å². The Kier molecular flexibility index (Phi) is 5.69. The molecule has 2 heterocycles. The molecule has 1 unspecified atom stereocenters. The Hall–Kier alpha value is -3.54. The molecule has 0 saturated carbocycles. The maximum Gasteiger partial charge on any atom is 0.573 e. The molecule has 0 bridgehead atoms. The van der Waals surface area contributed by atoms with Crippen LogP contribution in [0.1, 0.15) is 12.1 Å². The van der Waals surface area contributed by atoms with Crippen LogP contribution >= 0.6 is 0 Å². The predicted molar refractivity (Wildman–Crippen MR) is 94.0 cm³/mol. The first-order valence-electron chi connectivity index (χ1n) is 8.54. The highest BCUT2D eigenvalue weighted by Crippen LogP contribution is 2.26. The summed E-state index contributed by atoms with van der Waals surface area (Å²) >= 11 is 0. The molecule has 9 nitrogen and oxygen atoms in total. The van der Waals surface area contributed by atoms with E-state index < -0.39 is 36.0 Å². The van der Waals surface area contributed by atoms with Gasteiger partial charge in [0, 0.05) is 12.0 Å². The zero-order chi connectivity index (χ0) is 21.9.